The van der Waals surface area contributed by atoms with Crippen molar-refractivity contribution in [2.75, 3.05) is 13.2 Å². The Bertz CT molecular complexity index is 2100. The number of phenols is 1. The van der Waals surface area contributed by atoms with Crippen molar-refractivity contribution in [1.82, 2.24) is 0 Å². The van der Waals surface area contributed by atoms with Crippen LogP contribution in [0.3, 0.4) is 0 Å². The summed E-state index contributed by atoms with van der Waals surface area (Å²) in [6, 6.07) is 20.1. The van der Waals surface area contributed by atoms with Crippen LogP contribution < -0.4 is 45.8 Å². The molecule has 0 saturated carbocycles. The second-order valence-electron chi connectivity index (χ2n) is 15.6. The Morgan fingerprint density at radius 3 is 2.41 bits per heavy atom. The Balaban J connectivity index is 0.00000532. The van der Waals surface area contributed by atoms with E-state index in [1.54, 1.807) is 24.3 Å². The molecule has 1 aliphatic carbocycles. The number of ether oxygens (including phenoxy) is 2. The van der Waals surface area contributed by atoms with Crippen LogP contribution in [0.1, 0.15) is 104 Å². The number of allylic oxidation sites excluding steroid dienone is 1. The van der Waals surface area contributed by atoms with E-state index in [-0.39, 0.29) is 97.1 Å². The molecule has 0 aromatic heterocycles. The molecule has 9 atom stereocenters. The van der Waals surface area contributed by atoms with E-state index in [9.17, 15) is 28.3 Å². The quantitative estimate of drug-likeness (QED) is 0.0592. The van der Waals surface area contributed by atoms with Crippen molar-refractivity contribution in [3.63, 3.8) is 0 Å². The van der Waals surface area contributed by atoms with Gasteiger partial charge in [-0.3, -0.25) is 0 Å². The number of hydrogen-bond donors (Lipinski definition) is 5. The third-order valence-corrected chi connectivity index (χ3v) is 13.3. The third-order valence-electron chi connectivity index (χ3n) is 12.0. The molecule has 7 aliphatic rings. The van der Waals surface area contributed by atoms with Crippen molar-refractivity contribution in [3.8, 4) is 23.3 Å². The summed E-state index contributed by atoms with van der Waals surface area (Å²) in [5, 5.41) is 29.5. The molecule has 13 heteroatoms. The number of guanidine groups is 1. The summed E-state index contributed by atoms with van der Waals surface area (Å²) in [4.78, 5) is 4.62. The molecule has 3 aromatic carbocycles. The summed E-state index contributed by atoms with van der Waals surface area (Å²) >= 11 is 0. The van der Waals surface area contributed by atoms with E-state index in [1.807, 2.05) is 55.5 Å². The predicted octanol–water partition coefficient (Wildman–Crippen LogP) is 2.42. The zero-order valence-electron chi connectivity index (χ0n) is 32.0. The molecule has 9 unspecified atom stereocenters. The number of fused-ring (bicyclic) bond motifs is 7. The number of nitrogens with zero attached hydrogens (tertiary/aromatic N) is 1. The van der Waals surface area contributed by atoms with Crippen LogP contribution >= 0.6 is 0 Å². The van der Waals surface area contributed by atoms with E-state index in [4.69, 9.17) is 20.9 Å². The van der Waals surface area contributed by atoms with Crippen molar-refractivity contribution >= 4 is 16.1 Å². The number of aliphatic hydroxyl groups is 2. The van der Waals surface area contributed by atoms with E-state index in [1.165, 1.54) is 0 Å². The molecule has 1 fully saturated rings. The number of benzene rings is 3. The molecule has 6 heterocycles. The summed E-state index contributed by atoms with van der Waals surface area (Å²) in [6.07, 6.45) is 4.57. The number of hydrogen-bond acceptors (Lipinski definition) is 9. The normalized spacial score (nSPS) is 29.5. The minimum Gasteiger partial charge on any atom is -0.748 e. The van der Waals surface area contributed by atoms with Gasteiger partial charge in [-0.2, -0.15) is 0 Å². The number of nitrogens with two attached hydrogens (primary N) is 2. The van der Waals surface area contributed by atoms with Crippen LogP contribution in [0.15, 0.2) is 83.4 Å². The summed E-state index contributed by atoms with van der Waals surface area (Å²) in [6.45, 7) is 1.82. The van der Waals surface area contributed by atoms with Crippen LogP contribution in [0, 0.1) is 29.6 Å². The molecule has 292 valence electrons. The molecule has 11 nitrogen and oxygen atoms in total. The van der Waals surface area contributed by atoms with Crippen LogP contribution in [0.5, 0.6) is 11.5 Å². The maximum absolute atomic E-state index is 13.7. The van der Waals surface area contributed by atoms with Crippen molar-refractivity contribution in [2.45, 2.75) is 93.3 Å². The average molecular weight is 792 g/mol. The summed E-state index contributed by atoms with van der Waals surface area (Å²) in [5.41, 5.74) is 15.3. The zero-order valence-corrected chi connectivity index (χ0v) is 34.8. The molecule has 6 aliphatic heterocycles. The fraction of sp³-hybridized carbons (Fsp3) is 0.465. The minimum absolute atomic E-state index is 0. The first-order valence-electron chi connectivity index (χ1n) is 19.3. The molecule has 8 bridgehead atoms. The van der Waals surface area contributed by atoms with Gasteiger partial charge in [0.25, 0.3) is 0 Å². The van der Waals surface area contributed by atoms with Gasteiger partial charge in [-0.15, -0.1) is 0 Å². The molecule has 0 amide bonds. The van der Waals surface area contributed by atoms with Gasteiger partial charge in [-0.1, -0.05) is 67.3 Å². The van der Waals surface area contributed by atoms with Gasteiger partial charge in [0, 0.05) is 42.7 Å². The Kier molecular flexibility index (Phi) is 13.3. The molecular weight excluding hydrogens is 742 g/mol. The molecule has 0 radical (unpaired) electrons. The number of rotatable bonds is 7. The summed E-state index contributed by atoms with van der Waals surface area (Å²) in [7, 11) is -4.85. The fourth-order valence-electron chi connectivity index (χ4n) is 9.46. The van der Waals surface area contributed by atoms with Gasteiger partial charge in [0.05, 0.1) is 21.5 Å². The predicted molar refractivity (Wildman–Crippen MR) is 208 cm³/mol. The number of phenolic OH excluding ortho intramolecular Hbond substituents is 1. The van der Waals surface area contributed by atoms with Gasteiger partial charge in [0.1, 0.15) is 17.6 Å². The van der Waals surface area contributed by atoms with Crippen molar-refractivity contribution in [1.29, 1.82) is 0 Å². The molecule has 1 saturated heterocycles. The largest absolute Gasteiger partial charge is 1.00 e. The zero-order chi connectivity index (χ0) is 38.9. The first kappa shape index (κ1) is 42.2. The topological polar surface area (TPSA) is 201 Å². The first-order chi connectivity index (χ1) is 26.4. The second-order valence-corrected chi connectivity index (χ2v) is 17.1. The summed E-state index contributed by atoms with van der Waals surface area (Å²) < 4.78 is 54.7. The molecular formula is C43H50N3NaO8S. The standard InChI is InChI=1S/C43H51N3O8S.Na/c1-2-27-24-39(55(50,51)52)38-23-32-20-31(22-36-19-26(25-48)5-3-6-30-21-34(49)13-16-37(30)41(32)53-36)40(38)29-7-11-33(12-8-29)43(17-4-18-47,46-42(44)45)54-35-14-9-28(27)10-15-35;/h7-16,21,23,26-27,31,36,38-41,47-49H,2,4-5,17-20,22,24-25H2,1H3,(H4,44,45,46)(H,50,51,52);/q;+1/p-1. The first-order valence-corrected chi connectivity index (χ1v) is 20.7. The maximum Gasteiger partial charge on any atom is 1.00 e. The van der Waals surface area contributed by atoms with E-state index in [0.717, 1.165) is 22.3 Å². The SMILES string of the molecule is CCC1CC(S(=O)(=O)[O-])C2C=C3CC(CC4CC(CO)CC#Cc5cc(O)ccc5C3O4)C2c2ccc(cc2)C(CCCO)(N=C(N)N)Oc2ccc1cc2.[Na+]. The Morgan fingerprint density at radius 1 is 1.02 bits per heavy atom. The van der Waals surface area contributed by atoms with Crippen LogP contribution in [-0.4, -0.2) is 58.8 Å². The molecule has 10 rings (SSSR count). The van der Waals surface area contributed by atoms with Crippen LogP contribution in [0.25, 0.3) is 0 Å². The van der Waals surface area contributed by atoms with Gasteiger partial charge >= 0.3 is 29.6 Å². The number of aliphatic imine (C=N–C) groups is 1. The Morgan fingerprint density at radius 2 is 1.75 bits per heavy atom. The maximum atomic E-state index is 13.7. The van der Waals surface area contributed by atoms with Gasteiger partial charge in [-0.25, -0.2) is 13.4 Å². The second kappa shape index (κ2) is 17.6. The van der Waals surface area contributed by atoms with Crippen LogP contribution in [0.2, 0.25) is 0 Å². The van der Waals surface area contributed by atoms with Crippen molar-refractivity contribution < 1.29 is 67.3 Å². The number of aromatic hydroxyl groups is 1. The van der Waals surface area contributed by atoms with E-state index >= 15 is 0 Å². The van der Waals surface area contributed by atoms with Gasteiger partial charge in [0.15, 0.2) is 5.96 Å². The van der Waals surface area contributed by atoms with E-state index in [2.05, 4.69) is 16.8 Å². The monoisotopic (exact) mass is 791 g/mol. The Hall–Kier alpha value is -3.38. The number of aliphatic hydroxyl groups excluding tert-OH is 2. The minimum atomic E-state index is -4.85. The molecule has 56 heavy (non-hydrogen) atoms. The molecule has 0 spiro atoms. The van der Waals surface area contributed by atoms with Gasteiger partial charge in [-0.05, 0) is 109 Å². The molecule has 7 N–H and O–H groups in total. The van der Waals surface area contributed by atoms with Crippen molar-refractivity contribution in [2.24, 2.45) is 34.2 Å². The van der Waals surface area contributed by atoms with Gasteiger partial charge in [0.2, 0.25) is 5.72 Å². The van der Waals surface area contributed by atoms with E-state index < -0.39 is 33.1 Å². The summed E-state index contributed by atoms with van der Waals surface area (Å²) in [5.74, 6) is 5.17. The Labute approximate surface area is 351 Å². The van der Waals surface area contributed by atoms with Crippen molar-refractivity contribution in [3.05, 3.63) is 106 Å². The van der Waals surface area contributed by atoms with Crippen LogP contribution in [0.4, 0.5) is 0 Å². The average Bonchev–Trinajstić information content (AvgIpc) is 3.29. The fourth-order valence-corrected chi connectivity index (χ4v) is 10.6. The van der Waals surface area contributed by atoms with Crippen LogP contribution in [-0.2, 0) is 20.6 Å². The van der Waals surface area contributed by atoms with E-state index in [0.29, 0.717) is 55.4 Å². The smallest absolute Gasteiger partial charge is 0.748 e. The third kappa shape index (κ3) is 8.86. The molecule has 3 aromatic rings. The van der Waals surface area contributed by atoms with Gasteiger partial charge < -0.3 is 40.8 Å².